The van der Waals surface area contributed by atoms with E-state index >= 15 is 0 Å². The molecule has 1 atom stereocenters. The average molecular weight is 279 g/mol. The van der Waals surface area contributed by atoms with E-state index in [0.717, 1.165) is 12.8 Å². The largest absolute Gasteiger partial charge is 0.396 e. The lowest BCUT2D eigenvalue weighted by molar-refractivity contribution is -0.125. The zero-order valence-electron chi connectivity index (χ0n) is 11.4. The lowest BCUT2D eigenvalue weighted by Gasteiger charge is -2.31. The van der Waals surface area contributed by atoms with Gasteiger partial charge in [0.15, 0.2) is 0 Å². The number of hydrogen-bond donors (Lipinski definition) is 2. The molecule has 3 N–H and O–H groups in total. The van der Waals surface area contributed by atoms with Crippen molar-refractivity contribution in [2.75, 3.05) is 25.9 Å². The summed E-state index contributed by atoms with van der Waals surface area (Å²) in [4.78, 5) is 25.6. The molecule has 108 valence electrons. The number of carbonyl (C=O) groups excluding carboxylic acids is 2. The van der Waals surface area contributed by atoms with E-state index < -0.39 is 5.82 Å². The van der Waals surface area contributed by atoms with Gasteiger partial charge in [-0.1, -0.05) is 0 Å². The fourth-order valence-corrected chi connectivity index (χ4v) is 2.44. The maximum Gasteiger partial charge on any atom is 0.253 e. The molecule has 0 aliphatic carbocycles. The number of anilines is 1. The number of nitrogens with one attached hydrogen (secondary N) is 1. The topological polar surface area (TPSA) is 75.4 Å². The molecule has 1 heterocycles. The van der Waals surface area contributed by atoms with Gasteiger partial charge >= 0.3 is 0 Å². The minimum absolute atomic E-state index is 0.0456. The lowest BCUT2D eigenvalue weighted by Crippen LogP contribution is -2.44. The molecule has 1 aliphatic rings. The molecular weight excluding hydrogens is 261 g/mol. The molecule has 1 aromatic carbocycles. The van der Waals surface area contributed by atoms with Crippen LogP contribution in [0.4, 0.5) is 10.1 Å². The van der Waals surface area contributed by atoms with Crippen molar-refractivity contribution in [3.05, 3.63) is 29.6 Å². The highest BCUT2D eigenvalue weighted by Crippen LogP contribution is 2.20. The third-order valence-corrected chi connectivity index (χ3v) is 3.57. The molecule has 1 aliphatic heterocycles. The number of carbonyl (C=O) groups is 2. The minimum Gasteiger partial charge on any atom is -0.396 e. The zero-order valence-corrected chi connectivity index (χ0v) is 11.4. The Kier molecular flexibility index (Phi) is 4.22. The summed E-state index contributed by atoms with van der Waals surface area (Å²) >= 11 is 0. The van der Waals surface area contributed by atoms with Crippen LogP contribution in [-0.2, 0) is 4.79 Å². The predicted molar refractivity (Wildman–Crippen MR) is 73.5 cm³/mol. The summed E-state index contributed by atoms with van der Waals surface area (Å²) in [5, 5.41) is 2.60. The number of nitrogens with two attached hydrogens (primary N) is 1. The predicted octanol–water partition coefficient (Wildman–Crippen LogP) is 1.01. The molecule has 0 spiro atoms. The Labute approximate surface area is 116 Å². The minimum atomic E-state index is -0.538. The molecule has 1 aromatic rings. The second-order valence-electron chi connectivity index (χ2n) is 4.94. The van der Waals surface area contributed by atoms with Crippen LogP contribution >= 0.6 is 0 Å². The van der Waals surface area contributed by atoms with E-state index in [9.17, 15) is 14.0 Å². The van der Waals surface area contributed by atoms with Gasteiger partial charge in [0.2, 0.25) is 5.91 Å². The molecule has 0 bridgehead atoms. The molecule has 1 saturated heterocycles. The van der Waals surface area contributed by atoms with Gasteiger partial charge in [-0.05, 0) is 31.0 Å². The van der Waals surface area contributed by atoms with Gasteiger partial charge in [-0.3, -0.25) is 9.59 Å². The number of halogens is 1. The Morgan fingerprint density at radius 2 is 2.20 bits per heavy atom. The summed E-state index contributed by atoms with van der Waals surface area (Å²) in [5.74, 6) is -0.995. The average Bonchev–Trinajstić information content (AvgIpc) is 2.48. The first kappa shape index (κ1) is 14.3. The molecule has 0 saturated carbocycles. The first-order valence-electron chi connectivity index (χ1n) is 6.59. The summed E-state index contributed by atoms with van der Waals surface area (Å²) in [5.41, 5.74) is 5.78. The Hall–Kier alpha value is -2.11. The van der Waals surface area contributed by atoms with Crippen LogP contribution in [0.3, 0.4) is 0 Å². The van der Waals surface area contributed by atoms with E-state index in [1.807, 2.05) is 0 Å². The van der Waals surface area contributed by atoms with Gasteiger partial charge in [0.05, 0.1) is 11.6 Å². The van der Waals surface area contributed by atoms with Gasteiger partial charge < -0.3 is 16.0 Å². The monoisotopic (exact) mass is 279 g/mol. The maximum absolute atomic E-state index is 13.1. The third kappa shape index (κ3) is 2.89. The van der Waals surface area contributed by atoms with E-state index in [1.165, 1.54) is 18.2 Å². The van der Waals surface area contributed by atoms with E-state index in [4.69, 9.17) is 5.73 Å². The van der Waals surface area contributed by atoms with E-state index in [-0.39, 0.29) is 23.4 Å². The van der Waals surface area contributed by atoms with Crippen LogP contribution in [0.5, 0.6) is 0 Å². The standard InChI is InChI=1S/C14H18FN3O2/c1-17-13(19)10-3-2-6-18(8-10)14(20)9-4-5-11(15)12(16)7-9/h4-5,7,10H,2-3,6,8,16H2,1H3,(H,17,19). The van der Waals surface area contributed by atoms with Crippen molar-refractivity contribution in [2.45, 2.75) is 12.8 Å². The van der Waals surface area contributed by atoms with Crippen molar-refractivity contribution in [2.24, 2.45) is 5.92 Å². The van der Waals surface area contributed by atoms with Crippen LogP contribution in [-0.4, -0.2) is 36.9 Å². The van der Waals surface area contributed by atoms with Crippen molar-refractivity contribution in [1.29, 1.82) is 0 Å². The molecule has 5 nitrogen and oxygen atoms in total. The van der Waals surface area contributed by atoms with Gasteiger partial charge in [-0.15, -0.1) is 0 Å². The van der Waals surface area contributed by atoms with Crippen LogP contribution in [0.2, 0.25) is 0 Å². The molecule has 1 fully saturated rings. The van der Waals surface area contributed by atoms with Gasteiger partial charge in [0, 0.05) is 25.7 Å². The van der Waals surface area contributed by atoms with Crippen molar-refractivity contribution in [1.82, 2.24) is 10.2 Å². The summed E-state index contributed by atoms with van der Waals surface area (Å²) in [6.07, 6.45) is 1.55. The summed E-state index contributed by atoms with van der Waals surface area (Å²) in [6, 6.07) is 3.93. The van der Waals surface area contributed by atoms with E-state index in [0.29, 0.717) is 18.7 Å². The number of nitrogen functional groups attached to an aromatic ring is 1. The summed E-state index contributed by atoms with van der Waals surface area (Å²) in [6.45, 7) is 0.986. The molecule has 6 heteroatoms. The lowest BCUT2D eigenvalue weighted by atomic mass is 9.96. The summed E-state index contributed by atoms with van der Waals surface area (Å²) in [7, 11) is 1.59. The van der Waals surface area contributed by atoms with Crippen LogP contribution in [0, 0.1) is 11.7 Å². The fourth-order valence-electron chi connectivity index (χ4n) is 2.44. The van der Waals surface area contributed by atoms with Crippen LogP contribution in [0.15, 0.2) is 18.2 Å². The molecule has 2 amide bonds. The first-order chi connectivity index (χ1) is 9.52. The van der Waals surface area contributed by atoms with Crippen LogP contribution < -0.4 is 11.1 Å². The number of likely N-dealkylation sites (tertiary alicyclic amines) is 1. The number of rotatable bonds is 2. The molecule has 1 unspecified atom stereocenters. The summed E-state index contributed by atoms with van der Waals surface area (Å²) < 4.78 is 13.1. The second kappa shape index (κ2) is 5.90. The molecule has 2 rings (SSSR count). The number of hydrogen-bond acceptors (Lipinski definition) is 3. The van der Waals surface area contributed by atoms with Crippen LogP contribution in [0.1, 0.15) is 23.2 Å². The maximum atomic E-state index is 13.1. The van der Waals surface area contributed by atoms with E-state index in [2.05, 4.69) is 5.32 Å². The molecule has 0 radical (unpaired) electrons. The highest BCUT2D eigenvalue weighted by atomic mass is 19.1. The third-order valence-electron chi connectivity index (χ3n) is 3.57. The molecular formula is C14H18FN3O2. The number of benzene rings is 1. The smallest absolute Gasteiger partial charge is 0.253 e. The van der Waals surface area contributed by atoms with E-state index in [1.54, 1.807) is 11.9 Å². The van der Waals surface area contributed by atoms with Gasteiger partial charge in [0.25, 0.3) is 5.91 Å². The van der Waals surface area contributed by atoms with Crippen molar-refractivity contribution in [3.8, 4) is 0 Å². The first-order valence-corrected chi connectivity index (χ1v) is 6.59. The highest BCUT2D eigenvalue weighted by Gasteiger charge is 2.28. The van der Waals surface area contributed by atoms with Gasteiger partial charge in [-0.2, -0.15) is 0 Å². The van der Waals surface area contributed by atoms with Crippen LogP contribution in [0.25, 0.3) is 0 Å². The van der Waals surface area contributed by atoms with Crippen molar-refractivity contribution in [3.63, 3.8) is 0 Å². The fraction of sp³-hybridized carbons (Fsp3) is 0.429. The quantitative estimate of drug-likeness (QED) is 0.793. The highest BCUT2D eigenvalue weighted by molar-refractivity contribution is 5.95. The van der Waals surface area contributed by atoms with Crippen molar-refractivity contribution < 1.29 is 14.0 Å². The second-order valence-corrected chi connectivity index (χ2v) is 4.94. The Bertz CT molecular complexity index is 533. The van der Waals surface area contributed by atoms with Gasteiger partial charge in [0.1, 0.15) is 5.82 Å². The Morgan fingerprint density at radius 3 is 2.85 bits per heavy atom. The Balaban J connectivity index is 2.12. The normalized spacial score (nSPS) is 18.7. The molecule has 20 heavy (non-hydrogen) atoms. The SMILES string of the molecule is CNC(=O)C1CCCN(C(=O)c2ccc(F)c(N)c2)C1. The number of nitrogens with zero attached hydrogens (tertiary/aromatic N) is 1. The van der Waals surface area contributed by atoms with Crippen molar-refractivity contribution >= 4 is 17.5 Å². The Morgan fingerprint density at radius 1 is 1.45 bits per heavy atom. The number of amides is 2. The molecule has 0 aromatic heterocycles. The zero-order chi connectivity index (χ0) is 14.7. The van der Waals surface area contributed by atoms with Gasteiger partial charge in [-0.25, -0.2) is 4.39 Å². The number of piperidine rings is 1.